The van der Waals surface area contributed by atoms with Crippen molar-refractivity contribution in [3.05, 3.63) is 32.3 Å². The van der Waals surface area contributed by atoms with Gasteiger partial charge in [0, 0.05) is 4.91 Å². The molecule has 0 amide bonds. The number of azide groups is 1. The normalized spacial score (nSPS) is 8.29. The molecule has 0 unspecified atom stereocenters. The molecule has 0 bridgehead atoms. The third-order valence-corrected chi connectivity index (χ3v) is 2.23. The second-order valence-corrected chi connectivity index (χ2v) is 3.24. The van der Waals surface area contributed by atoms with Crippen LogP contribution in [-0.4, -0.2) is 17.6 Å². The van der Waals surface area contributed by atoms with Gasteiger partial charge in [0.1, 0.15) is 4.88 Å². The monoisotopic (exact) mass is 207 g/mol. The molecule has 0 saturated heterocycles. The Kier molecular flexibility index (Phi) is 3.56. The van der Waals surface area contributed by atoms with Crippen molar-refractivity contribution in [3.63, 3.8) is 0 Å². The average molecular weight is 207 g/mol. The molecular weight excluding hydrogens is 202 g/mol. The van der Waals surface area contributed by atoms with Crippen molar-refractivity contribution in [3.8, 4) is 11.8 Å². The van der Waals surface area contributed by atoms with Crippen molar-refractivity contribution in [2.24, 2.45) is 5.11 Å². The van der Waals surface area contributed by atoms with E-state index in [1.807, 2.05) is 0 Å². The fourth-order valence-corrected chi connectivity index (χ4v) is 1.43. The van der Waals surface area contributed by atoms with Crippen LogP contribution in [0.2, 0.25) is 0 Å². The molecule has 1 N–H and O–H groups in total. The largest absolute Gasteiger partial charge is 0.477 e. The lowest BCUT2D eigenvalue weighted by Gasteiger charge is -1.80. The van der Waals surface area contributed by atoms with E-state index in [2.05, 4.69) is 21.9 Å². The van der Waals surface area contributed by atoms with E-state index in [0.29, 0.717) is 4.88 Å². The summed E-state index contributed by atoms with van der Waals surface area (Å²) in [6.07, 6.45) is 0. The third kappa shape index (κ3) is 2.83. The Morgan fingerprint density at radius 2 is 2.50 bits per heavy atom. The van der Waals surface area contributed by atoms with Gasteiger partial charge >= 0.3 is 5.97 Å². The van der Waals surface area contributed by atoms with Crippen LogP contribution in [0.25, 0.3) is 10.4 Å². The van der Waals surface area contributed by atoms with E-state index in [4.69, 9.17) is 10.6 Å². The molecule has 1 aromatic rings. The molecule has 0 saturated carbocycles. The standard InChI is InChI=1S/C8H5N3O2S/c9-11-10-5-1-2-6-3-4-7(14-6)8(12)13/h3-4H,5H2,(H,12,13). The van der Waals surface area contributed by atoms with E-state index >= 15 is 0 Å². The number of carboxylic acids is 1. The van der Waals surface area contributed by atoms with Crippen LogP contribution in [0.1, 0.15) is 14.5 Å². The Balaban J connectivity index is 2.71. The van der Waals surface area contributed by atoms with Crippen molar-refractivity contribution in [2.75, 3.05) is 6.54 Å². The smallest absolute Gasteiger partial charge is 0.345 e. The van der Waals surface area contributed by atoms with Crippen molar-refractivity contribution >= 4 is 17.3 Å². The van der Waals surface area contributed by atoms with Crippen LogP contribution in [0.4, 0.5) is 0 Å². The van der Waals surface area contributed by atoms with Crippen molar-refractivity contribution < 1.29 is 9.90 Å². The number of aromatic carboxylic acids is 1. The summed E-state index contributed by atoms with van der Waals surface area (Å²) >= 11 is 1.09. The van der Waals surface area contributed by atoms with Gasteiger partial charge in [-0.15, -0.1) is 11.3 Å². The Morgan fingerprint density at radius 3 is 3.07 bits per heavy atom. The quantitative estimate of drug-likeness (QED) is 0.348. The Hall–Kier alpha value is -1.96. The Labute approximate surface area is 83.6 Å². The van der Waals surface area contributed by atoms with E-state index in [-0.39, 0.29) is 11.4 Å². The average Bonchev–Trinajstić information content (AvgIpc) is 2.61. The van der Waals surface area contributed by atoms with E-state index < -0.39 is 5.97 Å². The first-order chi connectivity index (χ1) is 6.74. The summed E-state index contributed by atoms with van der Waals surface area (Å²) in [6, 6.07) is 3.11. The lowest BCUT2D eigenvalue weighted by molar-refractivity contribution is 0.0702. The fraction of sp³-hybridized carbons (Fsp3) is 0.125. The molecule has 14 heavy (non-hydrogen) atoms. The van der Waals surface area contributed by atoms with E-state index in [0.717, 1.165) is 11.3 Å². The van der Waals surface area contributed by atoms with Crippen LogP contribution in [0.3, 0.4) is 0 Å². The number of hydrogen-bond acceptors (Lipinski definition) is 3. The van der Waals surface area contributed by atoms with Crippen LogP contribution >= 0.6 is 11.3 Å². The molecule has 1 aromatic heterocycles. The summed E-state index contributed by atoms with van der Waals surface area (Å²) in [5.41, 5.74) is 7.96. The maximum atomic E-state index is 10.5. The summed E-state index contributed by atoms with van der Waals surface area (Å²) in [5.74, 6) is 4.34. The zero-order valence-corrected chi connectivity index (χ0v) is 7.78. The molecule has 0 spiro atoms. The number of carboxylic acid groups (broad SMARTS) is 1. The molecule has 70 valence electrons. The van der Waals surface area contributed by atoms with Crippen LogP contribution < -0.4 is 0 Å². The second-order valence-electron chi connectivity index (χ2n) is 2.16. The van der Waals surface area contributed by atoms with Crippen LogP contribution in [0.15, 0.2) is 17.2 Å². The first-order valence-electron chi connectivity index (χ1n) is 3.57. The Morgan fingerprint density at radius 1 is 1.71 bits per heavy atom. The zero-order chi connectivity index (χ0) is 10.4. The molecule has 0 fully saturated rings. The molecule has 6 heteroatoms. The highest BCUT2D eigenvalue weighted by Gasteiger charge is 2.04. The minimum absolute atomic E-state index is 0.0941. The van der Waals surface area contributed by atoms with Crippen molar-refractivity contribution in [1.29, 1.82) is 0 Å². The molecule has 0 aliphatic rings. The van der Waals surface area contributed by atoms with Crippen LogP contribution in [0, 0.1) is 11.8 Å². The molecule has 1 rings (SSSR count). The summed E-state index contributed by atoms with van der Waals surface area (Å²) < 4.78 is 0. The van der Waals surface area contributed by atoms with Gasteiger partial charge < -0.3 is 5.11 Å². The fourth-order valence-electron chi connectivity index (χ4n) is 0.714. The third-order valence-electron chi connectivity index (χ3n) is 1.24. The SMILES string of the molecule is [N-]=[N+]=NCC#Cc1ccc(C(=O)O)s1. The van der Waals surface area contributed by atoms with Gasteiger partial charge in [-0.1, -0.05) is 17.0 Å². The number of hydrogen-bond donors (Lipinski definition) is 1. The van der Waals surface area contributed by atoms with E-state index in [1.54, 1.807) is 6.07 Å². The van der Waals surface area contributed by atoms with Gasteiger partial charge in [0.2, 0.25) is 0 Å². The minimum Gasteiger partial charge on any atom is -0.477 e. The molecular formula is C8H5N3O2S. The van der Waals surface area contributed by atoms with Gasteiger partial charge in [-0.2, -0.15) is 0 Å². The minimum atomic E-state index is -0.960. The van der Waals surface area contributed by atoms with Gasteiger partial charge in [0.15, 0.2) is 0 Å². The Bertz CT molecular complexity index is 449. The molecule has 1 heterocycles. The zero-order valence-electron chi connectivity index (χ0n) is 6.97. The van der Waals surface area contributed by atoms with Crippen molar-refractivity contribution in [1.82, 2.24) is 0 Å². The number of thiophene rings is 1. The highest BCUT2D eigenvalue weighted by Crippen LogP contribution is 2.14. The van der Waals surface area contributed by atoms with Crippen LogP contribution in [0.5, 0.6) is 0 Å². The first kappa shape index (κ1) is 10.1. The summed E-state index contributed by atoms with van der Waals surface area (Å²) in [6.45, 7) is 0.0941. The first-order valence-corrected chi connectivity index (χ1v) is 4.38. The molecule has 0 aliphatic carbocycles. The molecule has 5 nitrogen and oxygen atoms in total. The highest BCUT2D eigenvalue weighted by molar-refractivity contribution is 7.14. The van der Waals surface area contributed by atoms with E-state index in [9.17, 15) is 4.79 Å². The highest BCUT2D eigenvalue weighted by atomic mass is 32.1. The number of rotatable bonds is 2. The van der Waals surface area contributed by atoms with E-state index in [1.165, 1.54) is 6.07 Å². The van der Waals surface area contributed by atoms with Gasteiger partial charge in [0.05, 0.1) is 11.4 Å². The van der Waals surface area contributed by atoms with Gasteiger partial charge in [0.25, 0.3) is 0 Å². The van der Waals surface area contributed by atoms with Gasteiger partial charge in [-0.25, -0.2) is 4.79 Å². The summed E-state index contributed by atoms with van der Waals surface area (Å²) in [4.78, 5) is 13.9. The predicted octanol–water partition coefficient (Wildman–Crippen LogP) is 2.11. The predicted molar refractivity (Wildman–Crippen MR) is 52.2 cm³/mol. The molecule has 0 aromatic carbocycles. The lowest BCUT2D eigenvalue weighted by atomic mass is 10.4. The number of nitrogens with zero attached hydrogens (tertiary/aromatic N) is 3. The summed E-state index contributed by atoms with van der Waals surface area (Å²) in [7, 11) is 0. The molecule has 0 radical (unpaired) electrons. The topological polar surface area (TPSA) is 86.1 Å². The van der Waals surface area contributed by atoms with Gasteiger partial charge in [-0.3, -0.25) is 0 Å². The second kappa shape index (κ2) is 4.92. The van der Waals surface area contributed by atoms with Crippen molar-refractivity contribution in [2.45, 2.75) is 0 Å². The summed E-state index contributed by atoms with van der Waals surface area (Å²) in [5, 5.41) is 11.8. The maximum Gasteiger partial charge on any atom is 0.345 e. The van der Waals surface area contributed by atoms with Gasteiger partial charge in [-0.05, 0) is 17.7 Å². The molecule has 0 atom stereocenters. The maximum absolute atomic E-state index is 10.5. The number of carbonyl (C=O) groups is 1. The lowest BCUT2D eigenvalue weighted by Crippen LogP contribution is -1.89. The van der Waals surface area contributed by atoms with Crippen LogP contribution in [-0.2, 0) is 0 Å². The molecule has 0 aliphatic heterocycles.